The molecule has 0 unspecified atom stereocenters. The van der Waals surface area contributed by atoms with E-state index in [4.69, 9.17) is 0 Å². The zero-order valence-electron chi connectivity index (χ0n) is 10.1. The monoisotopic (exact) mass is 234 g/mol. The van der Waals surface area contributed by atoms with Crippen molar-refractivity contribution in [2.45, 2.75) is 0 Å². The molecule has 3 aromatic rings. The van der Waals surface area contributed by atoms with E-state index in [0.717, 1.165) is 34.0 Å². The zero-order chi connectivity index (χ0) is 12.4. The highest BCUT2D eigenvalue weighted by atomic mass is 14.9. The van der Waals surface area contributed by atoms with Crippen LogP contribution in [-0.4, -0.2) is 11.5 Å². The first-order valence-corrected chi connectivity index (χ1v) is 6.02. The van der Waals surface area contributed by atoms with Gasteiger partial charge in [0.05, 0.1) is 11.0 Å². The number of benzene rings is 2. The van der Waals surface area contributed by atoms with E-state index in [1.807, 2.05) is 36.4 Å². The quantitative estimate of drug-likeness (QED) is 0.547. The van der Waals surface area contributed by atoms with Crippen molar-refractivity contribution in [1.82, 2.24) is 4.98 Å². The Morgan fingerprint density at radius 3 is 2.78 bits per heavy atom. The van der Waals surface area contributed by atoms with Crippen LogP contribution in [0.5, 0.6) is 0 Å². The maximum atomic E-state index is 4.68. The van der Waals surface area contributed by atoms with Gasteiger partial charge in [-0.15, -0.1) is 6.58 Å². The summed E-state index contributed by atoms with van der Waals surface area (Å²) in [5.74, 6) is 0. The fraction of sp³-hybridized carbons (Fsp3) is 0.0625. The molecule has 0 spiro atoms. The van der Waals surface area contributed by atoms with Crippen molar-refractivity contribution in [3.05, 3.63) is 61.2 Å². The van der Waals surface area contributed by atoms with Gasteiger partial charge in [-0.05, 0) is 24.3 Å². The molecule has 2 aromatic carbocycles. The molecule has 2 heteroatoms. The molecule has 2 nitrogen and oxygen atoms in total. The van der Waals surface area contributed by atoms with Gasteiger partial charge >= 0.3 is 0 Å². The van der Waals surface area contributed by atoms with Crippen LogP contribution < -0.4 is 5.32 Å². The standard InChI is InChI=1S/C16H14N2/c1-2-10-17-15-8-5-9-16-13(15)11-12-6-3-4-7-14(12)18-16/h2-9,11,17H,1,10H2. The molecule has 88 valence electrons. The predicted molar refractivity (Wildman–Crippen MR) is 77.9 cm³/mol. The third-order valence-corrected chi connectivity index (χ3v) is 3.00. The van der Waals surface area contributed by atoms with E-state index in [-0.39, 0.29) is 0 Å². The van der Waals surface area contributed by atoms with Crippen LogP contribution >= 0.6 is 0 Å². The van der Waals surface area contributed by atoms with Crippen LogP contribution in [0.1, 0.15) is 0 Å². The summed E-state index contributed by atoms with van der Waals surface area (Å²) in [4.78, 5) is 4.68. The molecule has 0 aliphatic heterocycles. The minimum absolute atomic E-state index is 0.756. The largest absolute Gasteiger partial charge is 0.381 e. The first kappa shape index (κ1) is 10.8. The number of anilines is 1. The first-order valence-electron chi connectivity index (χ1n) is 6.02. The number of nitrogens with zero attached hydrogens (tertiary/aromatic N) is 1. The van der Waals surface area contributed by atoms with Gasteiger partial charge in [-0.1, -0.05) is 30.3 Å². The lowest BCUT2D eigenvalue weighted by atomic mass is 10.1. The molecule has 3 rings (SSSR count). The maximum Gasteiger partial charge on any atom is 0.0730 e. The lowest BCUT2D eigenvalue weighted by Gasteiger charge is -2.08. The zero-order valence-corrected chi connectivity index (χ0v) is 10.1. The van der Waals surface area contributed by atoms with Gasteiger partial charge < -0.3 is 5.32 Å². The van der Waals surface area contributed by atoms with E-state index >= 15 is 0 Å². The first-order chi connectivity index (χ1) is 8.88. The number of rotatable bonds is 3. The van der Waals surface area contributed by atoms with Crippen molar-refractivity contribution in [3.8, 4) is 0 Å². The van der Waals surface area contributed by atoms with E-state index in [0.29, 0.717) is 0 Å². The second-order valence-corrected chi connectivity index (χ2v) is 4.22. The van der Waals surface area contributed by atoms with Gasteiger partial charge in [0.15, 0.2) is 0 Å². The molecule has 0 aliphatic rings. The Bertz CT molecular complexity index is 716. The van der Waals surface area contributed by atoms with Gasteiger partial charge in [0, 0.05) is 23.0 Å². The summed E-state index contributed by atoms with van der Waals surface area (Å²) in [5, 5.41) is 5.66. The molecule has 0 bridgehead atoms. The topological polar surface area (TPSA) is 24.9 Å². The summed E-state index contributed by atoms with van der Waals surface area (Å²) < 4.78 is 0. The fourth-order valence-electron chi connectivity index (χ4n) is 2.14. The molecule has 1 heterocycles. The molecule has 0 aliphatic carbocycles. The van der Waals surface area contributed by atoms with Gasteiger partial charge in [0.2, 0.25) is 0 Å². The Labute approximate surface area is 106 Å². The normalized spacial score (nSPS) is 10.7. The van der Waals surface area contributed by atoms with Crippen LogP contribution in [0.2, 0.25) is 0 Å². The van der Waals surface area contributed by atoms with Crippen LogP contribution in [0.15, 0.2) is 61.2 Å². The molecule has 0 amide bonds. The van der Waals surface area contributed by atoms with Crippen LogP contribution in [0, 0.1) is 0 Å². The van der Waals surface area contributed by atoms with Crippen molar-refractivity contribution >= 4 is 27.5 Å². The summed E-state index contributed by atoms with van der Waals surface area (Å²) >= 11 is 0. The van der Waals surface area contributed by atoms with E-state index in [2.05, 4.69) is 35.1 Å². The van der Waals surface area contributed by atoms with Crippen LogP contribution in [0.3, 0.4) is 0 Å². The Morgan fingerprint density at radius 2 is 1.89 bits per heavy atom. The predicted octanol–water partition coefficient (Wildman–Crippen LogP) is 3.99. The number of hydrogen-bond donors (Lipinski definition) is 1. The highest BCUT2D eigenvalue weighted by molar-refractivity contribution is 5.99. The SMILES string of the molecule is C=CCNc1cccc2nc3ccccc3cc12. The average Bonchev–Trinajstić information content (AvgIpc) is 2.43. The molecule has 18 heavy (non-hydrogen) atoms. The average molecular weight is 234 g/mol. The molecular weight excluding hydrogens is 220 g/mol. The number of nitrogens with one attached hydrogen (secondary N) is 1. The third kappa shape index (κ3) is 1.82. The van der Waals surface area contributed by atoms with Crippen LogP contribution in [0.4, 0.5) is 5.69 Å². The lowest BCUT2D eigenvalue weighted by Crippen LogP contribution is -1.98. The summed E-state index contributed by atoms with van der Waals surface area (Å²) in [5.41, 5.74) is 3.15. The second-order valence-electron chi connectivity index (χ2n) is 4.22. The highest BCUT2D eigenvalue weighted by Crippen LogP contribution is 2.25. The van der Waals surface area contributed by atoms with Gasteiger partial charge in [-0.25, -0.2) is 4.98 Å². The van der Waals surface area contributed by atoms with Crippen LogP contribution in [0.25, 0.3) is 21.8 Å². The van der Waals surface area contributed by atoms with Crippen LogP contribution in [-0.2, 0) is 0 Å². The van der Waals surface area contributed by atoms with Crippen molar-refractivity contribution < 1.29 is 0 Å². The Kier molecular flexibility index (Phi) is 2.69. The molecule has 0 saturated carbocycles. The number of aromatic nitrogens is 1. The Balaban J connectivity index is 2.25. The minimum atomic E-state index is 0.756. The summed E-state index contributed by atoms with van der Waals surface area (Å²) in [6.45, 7) is 4.48. The van der Waals surface area contributed by atoms with E-state index < -0.39 is 0 Å². The molecule has 0 saturated heterocycles. The molecule has 0 atom stereocenters. The molecule has 1 N–H and O–H groups in total. The molecule has 0 fully saturated rings. The fourth-order valence-corrected chi connectivity index (χ4v) is 2.14. The lowest BCUT2D eigenvalue weighted by molar-refractivity contribution is 1.35. The van der Waals surface area contributed by atoms with Crippen molar-refractivity contribution in [1.29, 1.82) is 0 Å². The molecule has 1 aromatic heterocycles. The summed E-state index contributed by atoms with van der Waals surface area (Å²) in [6.07, 6.45) is 1.85. The van der Waals surface area contributed by atoms with E-state index in [9.17, 15) is 0 Å². The summed E-state index contributed by atoms with van der Waals surface area (Å²) in [7, 11) is 0. The Hall–Kier alpha value is -2.35. The summed E-state index contributed by atoms with van der Waals surface area (Å²) in [6, 6.07) is 16.5. The Morgan fingerprint density at radius 1 is 1.06 bits per heavy atom. The van der Waals surface area contributed by atoms with Gasteiger partial charge in [0.25, 0.3) is 0 Å². The number of hydrogen-bond acceptors (Lipinski definition) is 2. The van der Waals surface area contributed by atoms with E-state index in [1.165, 1.54) is 0 Å². The smallest absolute Gasteiger partial charge is 0.0730 e. The minimum Gasteiger partial charge on any atom is -0.381 e. The van der Waals surface area contributed by atoms with E-state index in [1.54, 1.807) is 0 Å². The van der Waals surface area contributed by atoms with Gasteiger partial charge in [-0.2, -0.15) is 0 Å². The number of fused-ring (bicyclic) bond motifs is 2. The molecule has 0 radical (unpaired) electrons. The number of pyridine rings is 1. The molecular formula is C16H14N2. The van der Waals surface area contributed by atoms with Crippen molar-refractivity contribution in [2.75, 3.05) is 11.9 Å². The second kappa shape index (κ2) is 4.49. The number of para-hydroxylation sites is 1. The highest BCUT2D eigenvalue weighted by Gasteiger charge is 2.03. The van der Waals surface area contributed by atoms with Crippen molar-refractivity contribution in [2.24, 2.45) is 0 Å². The van der Waals surface area contributed by atoms with Gasteiger partial charge in [0.1, 0.15) is 0 Å². The van der Waals surface area contributed by atoms with Crippen molar-refractivity contribution in [3.63, 3.8) is 0 Å². The third-order valence-electron chi connectivity index (χ3n) is 3.00. The van der Waals surface area contributed by atoms with Gasteiger partial charge in [-0.3, -0.25) is 0 Å². The maximum absolute atomic E-state index is 4.68.